The number of carbonyl (C=O) groups excluding carboxylic acids is 1. The molecular formula is C26H38F3N5O2S. The van der Waals surface area contributed by atoms with E-state index in [4.69, 9.17) is 4.74 Å². The lowest BCUT2D eigenvalue weighted by Crippen LogP contribution is -2.60. The van der Waals surface area contributed by atoms with E-state index in [-0.39, 0.29) is 11.0 Å². The normalized spacial score (nSPS) is 20.7. The first-order valence-corrected chi connectivity index (χ1v) is 13.9. The number of fused-ring (bicyclic) bond motifs is 1. The number of aromatic nitrogens is 2. The van der Waals surface area contributed by atoms with Gasteiger partial charge in [0, 0.05) is 49.1 Å². The molecule has 2 aliphatic heterocycles. The van der Waals surface area contributed by atoms with Crippen LogP contribution in [0.4, 0.5) is 23.8 Å². The molecule has 2 fully saturated rings. The fourth-order valence-corrected chi connectivity index (χ4v) is 6.29. The van der Waals surface area contributed by atoms with Gasteiger partial charge in [0.2, 0.25) is 0 Å². The van der Waals surface area contributed by atoms with Gasteiger partial charge in [-0.15, -0.1) is 11.3 Å². The number of carbonyl (C=O) groups is 1. The summed E-state index contributed by atoms with van der Waals surface area (Å²) < 4.78 is 44.3. The Labute approximate surface area is 220 Å². The largest absolute Gasteiger partial charge is 0.444 e. The summed E-state index contributed by atoms with van der Waals surface area (Å²) in [6, 6.07) is 2.22. The van der Waals surface area contributed by atoms with Crippen molar-refractivity contribution in [3.8, 4) is 0 Å². The van der Waals surface area contributed by atoms with Crippen molar-refractivity contribution in [2.24, 2.45) is 11.8 Å². The number of ether oxygens (including phenoxy) is 1. The highest BCUT2D eigenvalue weighted by atomic mass is 32.1. The average Bonchev–Trinajstić information content (AvgIpc) is 2.98. The number of nitrogens with one attached hydrogen (secondary N) is 1. The SMILES string of the molecule is CC(C)[C@@H](N[C@@H]1CCCN(c2ncnc3sc(CC(F)(F)F)cc23)CC1)C1CN(C(=O)OC(C)(C)C)C1. The van der Waals surface area contributed by atoms with Crippen molar-refractivity contribution in [2.45, 2.75) is 84.2 Å². The second-order valence-electron chi connectivity index (χ2n) is 11.6. The molecule has 1 amide bonds. The molecule has 0 spiro atoms. The van der Waals surface area contributed by atoms with Crippen LogP contribution in [0.1, 0.15) is 58.8 Å². The first-order valence-electron chi connectivity index (χ1n) is 13.1. The number of rotatable bonds is 6. The van der Waals surface area contributed by atoms with Crippen molar-refractivity contribution in [3.05, 3.63) is 17.3 Å². The third-order valence-corrected chi connectivity index (χ3v) is 8.02. The molecule has 4 heterocycles. The van der Waals surface area contributed by atoms with Gasteiger partial charge in [0.1, 0.15) is 22.6 Å². The van der Waals surface area contributed by atoms with Crippen molar-refractivity contribution in [1.82, 2.24) is 20.2 Å². The summed E-state index contributed by atoms with van der Waals surface area (Å²) in [6.45, 7) is 13.0. The quantitative estimate of drug-likeness (QED) is 0.511. The minimum absolute atomic E-state index is 0.251. The maximum absolute atomic E-state index is 12.9. The second-order valence-corrected chi connectivity index (χ2v) is 12.7. The second kappa shape index (κ2) is 10.9. The van der Waals surface area contributed by atoms with Gasteiger partial charge in [-0.05, 0) is 52.0 Å². The predicted octanol–water partition coefficient (Wildman–Crippen LogP) is 5.64. The van der Waals surface area contributed by atoms with Gasteiger partial charge >= 0.3 is 12.3 Å². The Kier molecular flexibility index (Phi) is 8.23. The summed E-state index contributed by atoms with van der Waals surface area (Å²) in [5, 5.41) is 4.59. The molecule has 7 nitrogen and oxygen atoms in total. The van der Waals surface area contributed by atoms with E-state index in [1.54, 1.807) is 11.0 Å². The summed E-state index contributed by atoms with van der Waals surface area (Å²) in [5.41, 5.74) is -0.498. The van der Waals surface area contributed by atoms with E-state index < -0.39 is 18.2 Å². The highest BCUT2D eigenvalue weighted by molar-refractivity contribution is 7.18. The van der Waals surface area contributed by atoms with E-state index in [1.165, 1.54) is 6.33 Å². The Balaban J connectivity index is 1.36. The first-order chi connectivity index (χ1) is 17.3. The molecule has 4 rings (SSSR count). The molecule has 0 unspecified atom stereocenters. The molecule has 0 bridgehead atoms. The van der Waals surface area contributed by atoms with E-state index in [0.29, 0.717) is 47.2 Å². The van der Waals surface area contributed by atoms with Crippen LogP contribution in [0, 0.1) is 11.8 Å². The van der Waals surface area contributed by atoms with Crippen LogP contribution in [-0.2, 0) is 11.2 Å². The summed E-state index contributed by atoms with van der Waals surface area (Å²) in [7, 11) is 0. The van der Waals surface area contributed by atoms with Crippen LogP contribution in [0.15, 0.2) is 12.4 Å². The van der Waals surface area contributed by atoms with Crippen molar-refractivity contribution >= 4 is 33.5 Å². The predicted molar refractivity (Wildman–Crippen MR) is 140 cm³/mol. The van der Waals surface area contributed by atoms with E-state index in [1.807, 2.05) is 20.8 Å². The average molecular weight is 542 g/mol. The molecule has 2 saturated heterocycles. The Morgan fingerprint density at radius 2 is 1.92 bits per heavy atom. The van der Waals surface area contributed by atoms with Crippen LogP contribution in [-0.4, -0.2) is 71.0 Å². The zero-order valence-electron chi connectivity index (χ0n) is 22.3. The van der Waals surface area contributed by atoms with Gasteiger partial charge in [-0.3, -0.25) is 0 Å². The van der Waals surface area contributed by atoms with Gasteiger partial charge in [-0.25, -0.2) is 14.8 Å². The topological polar surface area (TPSA) is 70.6 Å². The van der Waals surface area contributed by atoms with Gasteiger partial charge in [-0.2, -0.15) is 13.2 Å². The summed E-state index contributed by atoms with van der Waals surface area (Å²) in [4.78, 5) is 25.9. The monoisotopic (exact) mass is 541 g/mol. The third kappa shape index (κ3) is 7.25. The van der Waals surface area contributed by atoms with E-state index in [9.17, 15) is 18.0 Å². The molecule has 206 valence electrons. The number of anilines is 1. The molecule has 0 radical (unpaired) electrons. The van der Waals surface area contributed by atoms with Gasteiger partial charge in [0.25, 0.3) is 0 Å². The summed E-state index contributed by atoms with van der Waals surface area (Å²) >= 11 is 1.09. The number of hydrogen-bond donors (Lipinski definition) is 1. The molecule has 2 aliphatic rings. The fourth-order valence-electron chi connectivity index (χ4n) is 5.26. The molecule has 11 heteroatoms. The zero-order valence-corrected chi connectivity index (χ0v) is 23.1. The highest BCUT2D eigenvalue weighted by Crippen LogP contribution is 2.34. The molecule has 37 heavy (non-hydrogen) atoms. The highest BCUT2D eigenvalue weighted by Gasteiger charge is 2.40. The lowest BCUT2D eigenvalue weighted by atomic mass is 9.84. The van der Waals surface area contributed by atoms with Crippen molar-refractivity contribution in [2.75, 3.05) is 31.1 Å². The summed E-state index contributed by atoms with van der Waals surface area (Å²) in [5.74, 6) is 1.53. The molecular weight excluding hydrogens is 503 g/mol. The molecule has 0 aliphatic carbocycles. The van der Waals surface area contributed by atoms with Crippen LogP contribution < -0.4 is 10.2 Å². The van der Waals surface area contributed by atoms with Crippen molar-refractivity contribution in [3.63, 3.8) is 0 Å². The van der Waals surface area contributed by atoms with Crippen molar-refractivity contribution in [1.29, 1.82) is 0 Å². The Morgan fingerprint density at radius 3 is 2.57 bits per heavy atom. The summed E-state index contributed by atoms with van der Waals surface area (Å²) in [6.07, 6.45) is -1.10. The number of likely N-dealkylation sites (tertiary alicyclic amines) is 1. The maximum Gasteiger partial charge on any atom is 0.410 e. The Bertz CT molecular complexity index is 1080. The smallest absolute Gasteiger partial charge is 0.410 e. The van der Waals surface area contributed by atoms with E-state index in [2.05, 4.69) is 34.0 Å². The number of halogens is 3. The van der Waals surface area contributed by atoms with Crippen LogP contribution in [0.5, 0.6) is 0 Å². The van der Waals surface area contributed by atoms with Crippen LogP contribution >= 0.6 is 11.3 Å². The minimum atomic E-state index is -4.24. The van der Waals surface area contributed by atoms with Crippen LogP contribution in [0.2, 0.25) is 0 Å². The number of hydrogen-bond acceptors (Lipinski definition) is 7. The lowest BCUT2D eigenvalue weighted by Gasteiger charge is -2.46. The maximum atomic E-state index is 12.9. The van der Waals surface area contributed by atoms with Gasteiger partial charge in [0.15, 0.2) is 0 Å². The van der Waals surface area contributed by atoms with E-state index in [0.717, 1.165) is 49.5 Å². The van der Waals surface area contributed by atoms with E-state index >= 15 is 0 Å². The number of amides is 1. The molecule has 0 saturated carbocycles. The number of nitrogens with zero attached hydrogens (tertiary/aromatic N) is 4. The first kappa shape index (κ1) is 27.9. The molecule has 1 N–H and O–H groups in total. The molecule has 2 atom stereocenters. The lowest BCUT2D eigenvalue weighted by molar-refractivity contribution is -0.126. The standard InChI is InChI=1S/C26H38F3N5O2S/c1-16(2)21(17-13-34(14-17)24(35)36-25(3,4)5)32-18-7-6-9-33(10-8-18)22-20-11-19(12-26(27,28)29)37-23(20)31-15-30-22/h11,15-18,21,32H,6-10,12-14H2,1-5H3/t18-,21-/m1/s1. The molecule has 2 aromatic rings. The Hall–Kier alpha value is -2.14. The number of thiophene rings is 1. The van der Waals surface area contributed by atoms with Gasteiger partial charge in [0.05, 0.1) is 11.8 Å². The zero-order chi connectivity index (χ0) is 27.0. The number of alkyl halides is 3. The van der Waals surface area contributed by atoms with Gasteiger partial charge < -0.3 is 19.9 Å². The Morgan fingerprint density at radius 1 is 1.19 bits per heavy atom. The van der Waals surface area contributed by atoms with Crippen molar-refractivity contribution < 1.29 is 22.7 Å². The van der Waals surface area contributed by atoms with Crippen LogP contribution in [0.25, 0.3) is 10.2 Å². The molecule has 2 aromatic heterocycles. The third-order valence-electron chi connectivity index (χ3n) is 6.98. The van der Waals surface area contributed by atoms with Gasteiger partial charge in [-0.1, -0.05) is 13.8 Å². The molecule has 0 aromatic carbocycles. The minimum Gasteiger partial charge on any atom is -0.444 e. The van der Waals surface area contributed by atoms with Crippen LogP contribution in [0.3, 0.4) is 0 Å². The fraction of sp³-hybridized carbons (Fsp3) is 0.731.